The molecule has 116 valence electrons. The van der Waals surface area contributed by atoms with Gasteiger partial charge < -0.3 is 19.2 Å². The summed E-state index contributed by atoms with van der Waals surface area (Å²) >= 11 is 0. The molecule has 3 aromatic rings. The minimum Gasteiger partial charge on any atom is -0.467 e. The fraction of sp³-hybridized carbons (Fsp3) is 0.167. The van der Waals surface area contributed by atoms with Gasteiger partial charge in [-0.15, -0.1) is 0 Å². The average Bonchev–Trinajstić information content (AvgIpc) is 3.22. The van der Waals surface area contributed by atoms with Crippen LogP contribution in [0, 0.1) is 0 Å². The summed E-state index contributed by atoms with van der Waals surface area (Å²) in [5, 5.41) is 3.48. The van der Waals surface area contributed by atoms with Crippen molar-refractivity contribution in [3.63, 3.8) is 0 Å². The maximum absolute atomic E-state index is 13.0. The number of rotatable bonds is 3. The van der Waals surface area contributed by atoms with Crippen LogP contribution in [0.1, 0.15) is 28.0 Å². The van der Waals surface area contributed by atoms with Crippen LogP contribution in [0.2, 0.25) is 0 Å². The van der Waals surface area contributed by atoms with Gasteiger partial charge in [0.25, 0.3) is 5.91 Å². The van der Waals surface area contributed by atoms with E-state index < -0.39 is 0 Å². The number of carbonyl (C=O) groups excluding carboxylic acids is 1. The smallest absolute Gasteiger partial charge is 0.258 e. The van der Waals surface area contributed by atoms with Crippen LogP contribution in [-0.2, 0) is 13.6 Å². The first kappa shape index (κ1) is 13.7. The Balaban J connectivity index is 1.78. The van der Waals surface area contributed by atoms with E-state index in [9.17, 15) is 4.79 Å². The zero-order valence-electron chi connectivity index (χ0n) is 12.8. The van der Waals surface area contributed by atoms with Crippen LogP contribution in [-0.4, -0.2) is 15.4 Å². The molecule has 0 spiro atoms. The first-order valence-corrected chi connectivity index (χ1v) is 7.54. The zero-order chi connectivity index (χ0) is 15.8. The molecule has 0 saturated carbocycles. The predicted molar refractivity (Wildman–Crippen MR) is 86.8 cm³/mol. The van der Waals surface area contributed by atoms with Crippen molar-refractivity contribution in [2.75, 3.05) is 5.32 Å². The van der Waals surface area contributed by atoms with Gasteiger partial charge in [0.1, 0.15) is 11.9 Å². The molecule has 0 bridgehead atoms. The Morgan fingerprint density at radius 1 is 1.13 bits per heavy atom. The summed E-state index contributed by atoms with van der Waals surface area (Å²) in [5.41, 5.74) is 2.57. The number of anilines is 1. The van der Waals surface area contributed by atoms with Crippen LogP contribution in [0.3, 0.4) is 0 Å². The van der Waals surface area contributed by atoms with Gasteiger partial charge in [0.2, 0.25) is 0 Å². The fourth-order valence-electron chi connectivity index (χ4n) is 3.02. The maximum atomic E-state index is 13.0. The van der Waals surface area contributed by atoms with E-state index in [0.717, 1.165) is 17.1 Å². The molecular formula is C18H17N3O2. The summed E-state index contributed by atoms with van der Waals surface area (Å²) in [5.74, 6) is 0.765. The topological polar surface area (TPSA) is 50.4 Å². The lowest BCUT2D eigenvalue weighted by Crippen LogP contribution is -2.43. The minimum absolute atomic E-state index is 0.00181. The lowest BCUT2D eigenvalue weighted by Gasteiger charge is -2.37. The molecule has 1 aliphatic rings. The molecule has 23 heavy (non-hydrogen) atoms. The molecule has 1 aliphatic heterocycles. The number of furan rings is 1. The standard InChI is InChI=1S/C18H17N3O2/c1-20-10-4-9-16(20)17-19-15-8-3-2-7-14(15)18(22)21(17)12-13-6-5-11-23-13/h2-11,17,19H,12H2,1H3/t17-/m1/s1. The van der Waals surface area contributed by atoms with Crippen molar-refractivity contribution in [2.45, 2.75) is 12.7 Å². The van der Waals surface area contributed by atoms with E-state index in [1.807, 2.05) is 66.3 Å². The second-order valence-corrected chi connectivity index (χ2v) is 5.65. The summed E-state index contributed by atoms with van der Waals surface area (Å²) in [7, 11) is 1.98. The van der Waals surface area contributed by atoms with Crippen molar-refractivity contribution < 1.29 is 9.21 Å². The maximum Gasteiger partial charge on any atom is 0.258 e. The first-order chi connectivity index (χ1) is 11.2. The Labute approximate surface area is 134 Å². The SMILES string of the molecule is Cn1cccc1[C@@H]1Nc2ccccc2C(=O)N1Cc1ccco1. The van der Waals surface area contributed by atoms with Gasteiger partial charge in [0.15, 0.2) is 0 Å². The van der Waals surface area contributed by atoms with E-state index in [0.29, 0.717) is 12.1 Å². The van der Waals surface area contributed by atoms with Gasteiger partial charge in [-0.2, -0.15) is 0 Å². The van der Waals surface area contributed by atoms with Crippen molar-refractivity contribution in [1.82, 2.24) is 9.47 Å². The van der Waals surface area contributed by atoms with Gasteiger partial charge in [0, 0.05) is 18.9 Å². The van der Waals surface area contributed by atoms with Gasteiger partial charge >= 0.3 is 0 Å². The van der Waals surface area contributed by atoms with Crippen LogP contribution in [0.5, 0.6) is 0 Å². The molecular weight excluding hydrogens is 290 g/mol. The number of benzene rings is 1. The highest BCUT2D eigenvalue weighted by atomic mass is 16.3. The van der Waals surface area contributed by atoms with E-state index in [4.69, 9.17) is 4.42 Å². The Hall–Kier alpha value is -2.95. The van der Waals surface area contributed by atoms with Crippen molar-refractivity contribution in [1.29, 1.82) is 0 Å². The van der Waals surface area contributed by atoms with Gasteiger partial charge in [-0.3, -0.25) is 4.79 Å². The highest BCUT2D eigenvalue weighted by molar-refractivity contribution is 6.01. The molecule has 5 nitrogen and oxygen atoms in total. The van der Waals surface area contributed by atoms with E-state index >= 15 is 0 Å². The lowest BCUT2D eigenvalue weighted by molar-refractivity contribution is 0.0645. The van der Waals surface area contributed by atoms with Crippen LogP contribution >= 0.6 is 0 Å². The molecule has 1 atom stereocenters. The number of fused-ring (bicyclic) bond motifs is 1. The number of amides is 1. The number of nitrogens with one attached hydrogen (secondary N) is 1. The highest BCUT2D eigenvalue weighted by Crippen LogP contribution is 2.34. The number of hydrogen-bond donors (Lipinski definition) is 1. The third kappa shape index (κ3) is 2.30. The summed E-state index contributed by atoms with van der Waals surface area (Å²) in [6.07, 6.45) is 3.37. The summed E-state index contributed by atoms with van der Waals surface area (Å²) in [6, 6.07) is 15.3. The Bertz CT molecular complexity index is 836. The molecule has 0 fully saturated rings. The van der Waals surface area contributed by atoms with Crippen LogP contribution in [0.25, 0.3) is 0 Å². The molecule has 1 N–H and O–H groups in total. The molecule has 0 unspecified atom stereocenters. The molecule has 1 aromatic carbocycles. The third-order valence-electron chi connectivity index (χ3n) is 4.19. The van der Waals surface area contributed by atoms with Crippen LogP contribution in [0.15, 0.2) is 65.4 Å². The monoisotopic (exact) mass is 307 g/mol. The largest absolute Gasteiger partial charge is 0.467 e. The third-order valence-corrected chi connectivity index (χ3v) is 4.19. The Kier molecular flexibility index (Phi) is 3.19. The normalized spacial score (nSPS) is 17.0. The number of aryl methyl sites for hydroxylation is 1. The van der Waals surface area contributed by atoms with E-state index in [-0.39, 0.29) is 12.1 Å². The fourth-order valence-corrected chi connectivity index (χ4v) is 3.02. The predicted octanol–water partition coefficient (Wildman–Crippen LogP) is 3.38. The first-order valence-electron chi connectivity index (χ1n) is 7.54. The number of nitrogens with zero attached hydrogens (tertiary/aromatic N) is 2. The minimum atomic E-state index is -0.234. The Morgan fingerprint density at radius 3 is 2.74 bits per heavy atom. The van der Waals surface area contributed by atoms with Crippen LogP contribution in [0.4, 0.5) is 5.69 Å². The molecule has 1 amide bonds. The van der Waals surface area contributed by atoms with Gasteiger partial charge in [-0.25, -0.2) is 0 Å². The zero-order valence-corrected chi connectivity index (χ0v) is 12.8. The van der Waals surface area contributed by atoms with Crippen LogP contribution < -0.4 is 5.32 Å². The number of hydrogen-bond acceptors (Lipinski definition) is 3. The molecule has 0 saturated heterocycles. The van der Waals surface area contributed by atoms with E-state index in [2.05, 4.69) is 5.32 Å². The van der Waals surface area contributed by atoms with Crippen molar-refractivity contribution >= 4 is 11.6 Å². The molecule has 4 rings (SSSR count). The number of para-hydroxylation sites is 1. The molecule has 3 heterocycles. The second-order valence-electron chi connectivity index (χ2n) is 5.65. The van der Waals surface area contributed by atoms with Crippen molar-refractivity contribution in [2.24, 2.45) is 7.05 Å². The summed E-state index contributed by atoms with van der Waals surface area (Å²) < 4.78 is 7.46. The van der Waals surface area contributed by atoms with Crippen molar-refractivity contribution in [3.05, 3.63) is 78.0 Å². The number of aromatic nitrogens is 1. The highest BCUT2D eigenvalue weighted by Gasteiger charge is 2.34. The summed E-state index contributed by atoms with van der Waals surface area (Å²) in [4.78, 5) is 14.8. The lowest BCUT2D eigenvalue weighted by atomic mass is 10.1. The van der Waals surface area contributed by atoms with Gasteiger partial charge in [0.05, 0.1) is 24.1 Å². The summed E-state index contributed by atoms with van der Waals surface area (Å²) in [6.45, 7) is 0.420. The number of carbonyl (C=O) groups is 1. The Morgan fingerprint density at radius 2 is 2.00 bits per heavy atom. The molecule has 2 aromatic heterocycles. The average molecular weight is 307 g/mol. The second kappa shape index (κ2) is 5.35. The molecule has 0 radical (unpaired) electrons. The van der Waals surface area contributed by atoms with Gasteiger partial charge in [-0.05, 0) is 36.4 Å². The van der Waals surface area contributed by atoms with E-state index in [1.165, 1.54) is 0 Å². The van der Waals surface area contributed by atoms with E-state index in [1.54, 1.807) is 11.2 Å². The quantitative estimate of drug-likeness (QED) is 0.807. The molecule has 0 aliphatic carbocycles. The molecule has 5 heteroatoms. The van der Waals surface area contributed by atoms with Gasteiger partial charge in [-0.1, -0.05) is 12.1 Å². The van der Waals surface area contributed by atoms with Crippen molar-refractivity contribution in [3.8, 4) is 0 Å².